The van der Waals surface area contributed by atoms with Gasteiger partial charge < -0.3 is 19.2 Å². The smallest absolute Gasteiger partial charge is 0.375 e. The molecule has 8 heteroatoms. The van der Waals surface area contributed by atoms with Crippen LogP contribution >= 0.6 is 0 Å². The van der Waals surface area contributed by atoms with Gasteiger partial charge in [-0.3, -0.25) is 4.79 Å². The molecule has 2 aromatic carbocycles. The van der Waals surface area contributed by atoms with Crippen molar-refractivity contribution in [3.63, 3.8) is 0 Å². The summed E-state index contributed by atoms with van der Waals surface area (Å²) >= 11 is 0. The van der Waals surface area contributed by atoms with Crippen LogP contribution in [-0.2, 0) is 9.53 Å². The first-order valence-electron chi connectivity index (χ1n) is 10.0. The van der Waals surface area contributed by atoms with Gasteiger partial charge in [-0.2, -0.15) is 5.10 Å². The number of aryl methyl sites for hydroxylation is 2. The van der Waals surface area contributed by atoms with Crippen LogP contribution in [0.15, 0.2) is 52.9 Å². The average Bonchev–Trinajstić information content (AvgIpc) is 3.29. The number of furan rings is 1. The summed E-state index contributed by atoms with van der Waals surface area (Å²) in [6.07, 6.45) is 0. The maximum Gasteiger partial charge on any atom is 0.375 e. The Morgan fingerprint density at radius 3 is 2.56 bits per heavy atom. The lowest BCUT2D eigenvalue weighted by atomic mass is 10.1. The number of nitrogens with one attached hydrogen (secondary N) is 1. The van der Waals surface area contributed by atoms with Crippen molar-refractivity contribution < 1.29 is 23.5 Å². The normalized spacial score (nSPS) is 10.9. The first kappa shape index (κ1) is 21.2. The molecule has 0 spiro atoms. The number of esters is 1. The zero-order chi connectivity index (χ0) is 22.8. The van der Waals surface area contributed by atoms with Crippen LogP contribution in [0.25, 0.3) is 16.7 Å². The number of anilines is 1. The van der Waals surface area contributed by atoms with Gasteiger partial charge in [0.25, 0.3) is 5.91 Å². The van der Waals surface area contributed by atoms with E-state index in [4.69, 9.17) is 13.9 Å². The zero-order valence-corrected chi connectivity index (χ0v) is 18.3. The number of carbonyl (C=O) groups is 2. The molecule has 164 valence electrons. The number of hydrogen-bond acceptors (Lipinski definition) is 6. The summed E-state index contributed by atoms with van der Waals surface area (Å²) in [7, 11) is 1.57. The maximum absolute atomic E-state index is 12.5. The standard InChI is InChI=1S/C24H23N3O5/c1-14-19-12-18(30-4)10-11-20(19)32-23(14)24(29)31-13-21(28)25-22-15(2)26-27(16(22)3)17-8-6-5-7-9-17/h5-12H,13H2,1-4H3,(H,25,28). The van der Waals surface area contributed by atoms with E-state index in [0.717, 1.165) is 16.8 Å². The fourth-order valence-electron chi connectivity index (χ4n) is 3.54. The number of amides is 1. The molecule has 1 N–H and O–H groups in total. The quantitative estimate of drug-likeness (QED) is 0.454. The van der Waals surface area contributed by atoms with E-state index < -0.39 is 18.5 Å². The minimum Gasteiger partial charge on any atom is -0.497 e. The van der Waals surface area contributed by atoms with E-state index in [-0.39, 0.29) is 5.76 Å². The van der Waals surface area contributed by atoms with Gasteiger partial charge in [-0.25, -0.2) is 9.48 Å². The minimum absolute atomic E-state index is 0.0605. The van der Waals surface area contributed by atoms with Crippen LogP contribution in [0.5, 0.6) is 5.75 Å². The molecule has 0 aliphatic heterocycles. The fourth-order valence-corrected chi connectivity index (χ4v) is 3.54. The predicted octanol–water partition coefficient (Wildman–Crippen LogP) is 4.35. The molecule has 1 amide bonds. The Bertz CT molecular complexity index is 1300. The van der Waals surface area contributed by atoms with Gasteiger partial charge in [-0.05, 0) is 51.1 Å². The van der Waals surface area contributed by atoms with Crippen LogP contribution in [0.1, 0.15) is 27.5 Å². The second-order valence-corrected chi connectivity index (χ2v) is 7.34. The molecule has 0 radical (unpaired) electrons. The molecule has 0 fully saturated rings. The minimum atomic E-state index is -0.707. The van der Waals surface area contributed by atoms with E-state index >= 15 is 0 Å². The molecule has 32 heavy (non-hydrogen) atoms. The fraction of sp³-hybridized carbons (Fsp3) is 0.208. The highest BCUT2D eigenvalue weighted by atomic mass is 16.5. The molecule has 4 aromatic rings. The first-order valence-corrected chi connectivity index (χ1v) is 10.0. The van der Waals surface area contributed by atoms with Crippen LogP contribution in [-0.4, -0.2) is 35.4 Å². The number of benzene rings is 2. The molecule has 4 rings (SSSR count). The van der Waals surface area contributed by atoms with Crippen LogP contribution < -0.4 is 10.1 Å². The Morgan fingerprint density at radius 1 is 1.09 bits per heavy atom. The van der Waals surface area contributed by atoms with E-state index in [1.807, 2.05) is 37.3 Å². The van der Waals surface area contributed by atoms with E-state index in [2.05, 4.69) is 10.4 Å². The first-order chi connectivity index (χ1) is 15.4. The Balaban J connectivity index is 1.45. The van der Waals surface area contributed by atoms with Gasteiger partial charge in [-0.15, -0.1) is 0 Å². The van der Waals surface area contributed by atoms with Gasteiger partial charge in [0, 0.05) is 10.9 Å². The van der Waals surface area contributed by atoms with Crippen molar-refractivity contribution >= 4 is 28.5 Å². The topological polar surface area (TPSA) is 95.6 Å². The molecule has 0 bridgehead atoms. The molecular formula is C24H23N3O5. The maximum atomic E-state index is 12.5. The van der Waals surface area contributed by atoms with Crippen molar-refractivity contribution in [3.05, 3.63) is 71.2 Å². The van der Waals surface area contributed by atoms with Gasteiger partial charge >= 0.3 is 5.97 Å². The second kappa shape index (κ2) is 8.58. The predicted molar refractivity (Wildman–Crippen MR) is 119 cm³/mol. The summed E-state index contributed by atoms with van der Waals surface area (Å²) < 4.78 is 17.8. The average molecular weight is 433 g/mol. The van der Waals surface area contributed by atoms with Crippen molar-refractivity contribution in [2.45, 2.75) is 20.8 Å². The number of methoxy groups -OCH3 is 1. The van der Waals surface area contributed by atoms with E-state index in [9.17, 15) is 9.59 Å². The lowest BCUT2D eigenvalue weighted by molar-refractivity contribution is -0.119. The Labute approximate surface area is 184 Å². The molecule has 0 saturated carbocycles. The van der Waals surface area contributed by atoms with Crippen molar-refractivity contribution in [1.29, 1.82) is 0 Å². The van der Waals surface area contributed by atoms with Crippen LogP contribution in [0.3, 0.4) is 0 Å². The van der Waals surface area contributed by atoms with Crippen LogP contribution in [0, 0.1) is 20.8 Å². The molecule has 0 aliphatic carbocycles. The van der Waals surface area contributed by atoms with E-state index in [1.165, 1.54) is 0 Å². The number of carbonyl (C=O) groups excluding carboxylic acids is 2. The SMILES string of the molecule is COc1ccc2oc(C(=O)OCC(=O)Nc3c(C)nn(-c4ccccc4)c3C)c(C)c2c1. The summed E-state index contributed by atoms with van der Waals surface area (Å²) in [6, 6.07) is 14.9. The lowest BCUT2D eigenvalue weighted by Crippen LogP contribution is -2.21. The highest BCUT2D eigenvalue weighted by Crippen LogP contribution is 2.29. The Hall–Kier alpha value is -4.07. The van der Waals surface area contributed by atoms with E-state index in [0.29, 0.717) is 28.3 Å². The summed E-state index contributed by atoms with van der Waals surface area (Å²) in [5, 5.41) is 8.03. The van der Waals surface area contributed by atoms with Crippen LogP contribution in [0.2, 0.25) is 0 Å². The van der Waals surface area contributed by atoms with Crippen LogP contribution in [0.4, 0.5) is 5.69 Å². The zero-order valence-electron chi connectivity index (χ0n) is 18.3. The molecule has 8 nitrogen and oxygen atoms in total. The highest BCUT2D eigenvalue weighted by molar-refractivity contribution is 5.98. The third-order valence-electron chi connectivity index (χ3n) is 5.22. The second-order valence-electron chi connectivity index (χ2n) is 7.34. The van der Waals surface area contributed by atoms with Crippen molar-refractivity contribution in [1.82, 2.24) is 9.78 Å². The summed E-state index contributed by atoms with van der Waals surface area (Å²) in [4.78, 5) is 25.0. The summed E-state index contributed by atoms with van der Waals surface area (Å²) in [6.45, 7) is 4.97. The van der Waals surface area contributed by atoms with Gasteiger partial charge in [0.05, 0.1) is 29.9 Å². The number of fused-ring (bicyclic) bond motifs is 1. The lowest BCUT2D eigenvalue weighted by Gasteiger charge is -2.07. The number of para-hydroxylation sites is 1. The number of rotatable bonds is 6. The van der Waals surface area contributed by atoms with Gasteiger partial charge in [0.1, 0.15) is 11.3 Å². The monoisotopic (exact) mass is 433 g/mol. The number of nitrogens with zero attached hydrogens (tertiary/aromatic N) is 2. The molecule has 0 saturated heterocycles. The van der Waals surface area contributed by atoms with Crippen molar-refractivity contribution in [3.8, 4) is 11.4 Å². The number of hydrogen-bond donors (Lipinski definition) is 1. The summed E-state index contributed by atoms with van der Waals surface area (Å²) in [5.74, 6) is -0.457. The number of aromatic nitrogens is 2. The Morgan fingerprint density at radius 2 is 1.84 bits per heavy atom. The summed E-state index contributed by atoms with van der Waals surface area (Å²) in [5.41, 5.74) is 4.07. The molecule has 0 atom stereocenters. The van der Waals surface area contributed by atoms with E-state index in [1.54, 1.807) is 43.8 Å². The van der Waals surface area contributed by atoms with Crippen molar-refractivity contribution in [2.75, 3.05) is 19.0 Å². The van der Waals surface area contributed by atoms with Gasteiger partial charge in [0.2, 0.25) is 5.76 Å². The highest BCUT2D eigenvalue weighted by Gasteiger charge is 2.21. The third-order valence-corrected chi connectivity index (χ3v) is 5.22. The molecule has 2 aromatic heterocycles. The Kier molecular flexibility index (Phi) is 5.68. The van der Waals surface area contributed by atoms with Gasteiger partial charge in [-0.1, -0.05) is 18.2 Å². The van der Waals surface area contributed by atoms with Crippen molar-refractivity contribution in [2.24, 2.45) is 0 Å². The molecular weight excluding hydrogens is 410 g/mol. The molecule has 0 aliphatic rings. The molecule has 2 heterocycles. The largest absolute Gasteiger partial charge is 0.497 e. The third kappa shape index (κ3) is 3.94. The van der Waals surface area contributed by atoms with Gasteiger partial charge in [0.15, 0.2) is 6.61 Å². The number of ether oxygens (including phenoxy) is 2. The molecule has 0 unspecified atom stereocenters.